The van der Waals surface area contributed by atoms with Gasteiger partial charge in [0.25, 0.3) is 5.91 Å². The normalized spacial score (nSPS) is 10.6. The number of nitrogens with zero attached hydrogens (tertiary/aromatic N) is 2. The molecule has 0 unspecified atom stereocenters. The molecule has 0 bridgehead atoms. The number of carbonyl (C=O) groups is 1. The van der Waals surface area contributed by atoms with Crippen LogP contribution in [0.25, 0.3) is 0 Å². The molecule has 0 saturated carbocycles. The zero-order chi connectivity index (χ0) is 16.4. The van der Waals surface area contributed by atoms with Gasteiger partial charge in [-0.2, -0.15) is 0 Å². The molecule has 2 aromatic rings. The molecule has 0 fully saturated rings. The average Bonchev–Trinajstić information content (AvgIpc) is 2.50. The first-order chi connectivity index (χ1) is 10.3. The van der Waals surface area contributed by atoms with Crippen molar-refractivity contribution in [3.63, 3.8) is 0 Å². The Morgan fingerprint density at radius 3 is 2.27 bits per heavy atom. The van der Waals surface area contributed by atoms with Crippen molar-refractivity contribution in [1.29, 1.82) is 0 Å². The van der Waals surface area contributed by atoms with Crippen molar-refractivity contribution >= 4 is 52.3 Å². The van der Waals surface area contributed by atoms with E-state index in [9.17, 15) is 9.18 Å². The molecule has 0 saturated heterocycles. The minimum absolute atomic E-state index is 0.00827. The maximum Gasteiger partial charge on any atom is 0.274 e. The maximum absolute atomic E-state index is 12.9. The third kappa shape index (κ3) is 3.63. The van der Waals surface area contributed by atoms with Gasteiger partial charge in [0, 0.05) is 13.6 Å². The predicted octanol–water partition coefficient (Wildman–Crippen LogP) is 5.11. The van der Waals surface area contributed by atoms with Gasteiger partial charge >= 0.3 is 0 Å². The predicted molar refractivity (Wildman–Crippen MR) is 86.5 cm³/mol. The van der Waals surface area contributed by atoms with Gasteiger partial charge in [-0.3, -0.25) is 4.79 Å². The van der Waals surface area contributed by atoms with E-state index in [0.29, 0.717) is 0 Å². The highest BCUT2D eigenvalue weighted by molar-refractivity contribution is 6.52. The van der Waals surface area contributed by atoms with Gasteiger partial charge in [0.15, 0.2) is 0 Å². The monoisotopic (exact) mass is 380 g/mol. The Kier molecular flexibility index (Phi) is 5.50. The second-order valence-electron chi connectivity index (χ2n) is 4.48. The fraction of sp³-hybridized carbons (Fsp3) is 0.143. The molecule has 22 heavy (non-hydrogen) atoms. The van der Waals surface area contributed by atoms with Crippen LogP contribution in [-0.4, -0.2) is 22.8 Å². The van der Waals surface area contributed by atoms with Gasteiger partial charge in [-0.25, -0.2) is 9.37 Å². The van der Waals surface area contributed by atoms with Gasteiger partial charge in [0.05, 0.1) is 15.1 Å². The van der Waals surface area contributed by atoms with Gasteiger partial charge in [-0.05, 0) is 17.7 Å². The van der Waals surface area contributed by atoms with Gasteiger partial charge in [-0.15, -0.1) is 0 Å². The van der Waals surface area contributed by atoms with Crippen LogP contribution in [0.2, 0.25) is 20.2 Å². The Balaban J connectivity index is 2.26. The quantitative estimate of drug-likeness (QED) is 0.692. The zero-order valence-electron chi connectivity index (χ0n) is 11.2. The Labute approximate surface area is 146 Å². The summed E-state index contributed by atoms with van der Waals surface area (Å²) in [7, 11) is 1.56. The number of hydrogen-bond donors (Lipinski definition) is 0. The topological polar surface area (TPSA) is 33.2 Å². The lowest BCUT2D eigenvalue weighted by Gasteiger charge is -2.18. The van der Waals surface area contributed by atoms with Crippen molar-refractivity contribution in [3.8, 4) is 0 Å². The van der Waals surface area contributed by atoms with Crippen LogP contribution in [0.3, 0.4) is 0 Å². The zero-order valence-corrected chi connectivity index (χ0v) is 14.2. The molecule has 116 valence electrons. The molecule has 1 aromatic heterocycles. The Hall–Kier alpha value is -1.07. The molecule has 1 aromatic carbocycles. The van der Waals surface area contributed by atoms with E-state index in [2.05, 4.69) is 4.98 Å². The molecule has 1 amide bonds. The fourth-order valence-corrected chi connectivity index (χ4v) is 2.55. The van der Waals surface area contributed by atoms with Crippen LogP contribution in [0.15, 0.2) is 24.3 Å². The highest BCUT2D eigenvalue weighted by Crippen LogP contribution is 2.36. The molecule has 0 aliphatic rings. The summed E-state index contributed by atoms with van der Waals surface area (Å²) in [6.07, 6.45) is 0. The second kappa shape index (κ2) is 7.01. The largest absolute Gasteiger partial charge is 0.336 e. The van der Waals surface area contributed by atoms with Crippen LogP contribution < -0.4 is 0 Å². The van der Waals surface area contributed by atoms with E-state index < -0.39 is 5.91 Å². The number of hydrogen-bond acceptors (Lipinski definition) is 2. The summed E-state index contributed by atoms with van der Waals surface area (Å²) < 4.78 is 12.9. The van der Waals surface area contributed by atoms with Crippen LogP contribution in [0.5, 0.6) is 0 Å². The molecule has 0 spiro atoms. The molecule has 1 heterocycles. The average molecular weight is 382 g/mol. The number of benzene rings is 1. The molecule has 0 aliphatic carbocycles. The lowest BCUT2D eigenvalue weighted by Crippen LogP contribution is -2.27. The summed E-state index contributed by atoms with van der Waals surface area (Å²) in [6, 6.07) is 5.79. The number of rotatable bonds is 3. The number of aromatic nitrogens is 1. The number of carbonyl (C=O) groups excluding carboxylic acids is 1. The Morgan fingerprint density at radius 2 is 1.68 bits per heavy atom. The van der Waals surface area contributed by atoms with E-state index in [4.69, 9.17) is 46.4 Å². The van der Waals surface area contributed by atoms with E-state index >= 15 is 0 Å². The summed E-state index contributed by atoms with van der Waals surface area (Å²) >= 11 is 23.5. The van der Waals surface area contributed by atoms with E-state index in [1.165, 1.54) is 17.0 Å². The minimum Gasteiger partial charge on any atom is -0.336 e. The van der Waals surface area contributed by atoms with Crippen molar-refractivity contribution < 1.29 is 9.18 Å². The molecule has 0 atom stereocenters. The molecule has 8 heteroatoms. The van der Waals surface area contributed by atoms with Crippen molar-refractivity contribution in [2.75, 3.05) is 7.05 Å². The molecule has 3 nitrogen and oxygen atoms in total. The summed E-state index contributed by atoms with van der Waals surface area (Å²) in [6.45, 7) is 0.245. The van der Waals surface area contributed by atoms with Crippen LogP contribution in [0.1, 0.15) is 16.1 Å². The first-order valence-electron chi connectivity index (χ1n) is 6.01. The highest BCUT2D eigenvalue weighted by Gasteiger charge is 2.22. The van der Waals surface area contributed by atoms with Crippen molar-refractivity contribution in [2.24, 2.45) is 0 Å². The van der Waals surface area contributed by atoms with E-state index in [1.807, 2.05) is 0 Å². The molecule has 0 aliphatic heterocycles. The SMILES string of the molecule is CN(Cc1ccc(F)cc1)C(=O)c1nc(Cl)c(Cl)c(Cl)c1Cl. The van der Waals surface area contributed by atoms with Gasteiger partial charge in [0.2, 0.25) is 0 Å². The first kappa shape index (κ1) is 17.3. The third-order valence-corrected chi connectivity index (χ3v) is 4.54. The van der Waals surface area contributed by atoms with Crippen LogP contribution in [0, 0.1) is 5.82 Å². The summed E-state index contributed by atoms with van der Waals surface area (Å²) in [5, 5.41) is -0.199. The number of pyridine rings is 1. The fourth-order valence-electron chi connectivity index (χ4n) is 1.75. The maximum atomic E-state index is 12.9. The Morgan fingerprint density at radius 1 is 1.09 bits per heavy atom. The van der Waals surface area contributed by atoms with Crippen LogP contribution in [-0.2, 0) is 6.54 Å². The number of amides is 1. The summed E-state index contributed by atoms with van der Waals surface area (Å²) in [5.41, 5.74) is 0.658. The standard InChI is InChI=1S/C14H9Cl4FN2O/c1-21(6-7-2-4-8(19)5-3-7)14(22)12-10(16)9(15)11(17)13(18)20-12/h2-5H,6H2,1H3. The van der Waals surface area contributed by atoms with E-state index in [0.717, 1.165) is 5.56 Å². The number of halogens is 5. The summed E-state index contributed by atoms with van der Waals surface area (Å²) in [4.78, 5) is 17.6. The van der Waals surface area contributed by atoms with Crippen molar-refractivity contribution in [1.82, 2.24) is 9.88 Å². The first-order valence-corrected chi connectivity index (χ1v) is 7.52. The second-order valence-corrected chi connectivity index (χ2v) is 5.97. The molecular weight excluding hydrogens is 373 g/mol. The minimum atomic E-state index is -0.477. The van der Waals surface area contributed by atoms with Gasteiger partial charge < -0.3 is 4.90 Å². The van der Waals surface area contributed by atoms with Crippen molar-refractivity contribution in [2.45, 2.75) is 6.54 Å². The van der Waals surface area contributed by atoms with E-state index in [1.54, 1.807) is 19.2 Å². The Bertz CT molecular complexity index is 722. The smallest absolute Gasteiger partial charge is 0.274 e. The lowest BCUT2D eigenvalue weighted by molar-refractivity contribution is 0.0779. The van der Waals surface area contributed by atoms with Crippen LogP contribution >= 0.6 is 46.4 Å². The molecule has 0 radical (unpaired) electrons. The van der Waals surface area contributed by atoms with Crippen LogP contribution in [0.4, 0.5) is 4.39 Å². The van der Waals surface area contributed by atoms with Gasteiger partial charge in [0.1, 0.15) is 16.7 Å². The highest BCUT2D eigenvalue weighted by atomic mass is 35.5. The lowest BCUT2D eigenvalue weighted by atomic mass is 10.2. The van der Waals surface area contributed by atoms with Crippen molar-refractivity contribution in [3.05, 3.63) is 61.6 Å². The van der Waals surface area contributed by atoms with E-state index in [-0.39, 0.29) is 38.3 Å². The summed E-state index contributed by atoms with van der Waals surface area (Å²) in [5.74, 6) is -0.825. The third-order valence-electron chi connectivity index (χ3n) is 2.87. The van der Waals surface area contributed by atoms with Gasteiger partial charge in [-0.1, -0.05) is 58.5 Å². The molecule has 2 rings (SSSR count). The molecular formula is C14H9Cl4FN2O. The molecule has 0 N–H and O–H groups in total.